The molecule has 0 saturated carbocycles. The summed E-state index contributed by atoms with van der Waals surface area (Å²) in [6, 6.07) is 0. The zero-order chi connectivity index (χ0) is 21.7. The van der Waals surface area contributed by atoms with Crippen LogP contribution in [-0.2, 0) is 4.79 Å². The average molecular weight is 393 g/mol. The van der Waals surface area contributed by atoms with Crippen LogP contribution >= 0.6 is 0 Å². The Labute approximate surface area is 176 Å². The smallest absolute Gasteiger partial charge is 0.328 e. The van der Waals surface area contributed by atoms with Crippen LogP contribution in [0.15, 0.2) is 82.5 Å². The van der Waals surface area contributed by atoms with E-state index in [1.54, 1.807) is 6.92 Å². The van der Waals surface area contributed by atoms with Gasteiger partial charge in [0.25, 0.3) is 0 Å². The maximum Gasteiger partial charge on any atom is 0.328 e. The van der Waals surface area contributed by atoms with Crippen molar-refractivity contribution in [2.24, 2.45) is 10.8 Å². The molecule has 0 saturated heterocycles. The Balaban J connectivity index is 2.36. The van der Waals surface area contributed by atoms with E-state index < -0.39 is 5.97 Å². The van der Waals surface area contributed by atoms with Crippen molar-refractivity contribution in [3.8, 4) is 0 Å². The average Bonchev–Trinajstić information content (AvgIpc) is 2.59. The minimum Gasteiger partial charge on any atom is -0.478 e. The van der Waals surface area contributed by atoms with Gasteiger partial charge in [-0.3, -0.25) is 0 Å². The van der Waals surface area contributed by atoms with Crippen molar-refractivity contribution in [1.29, 1.82) is 0 Å². The molecule has 0 radical (unpaired) electrons. The van der Waals surface area contributed by atoms with Gasteiger partial charge in [-0.05, 0) is 72.7 Å². The maximum absolute atomic E-state index is 10.8. The minimum absolute atomic E-state index is 0.194. The SMILES string of the molecule is CC1=C(/C=C/C(=C/C=C/C(C)=C/C(=O)O)C2=CCC(C)(C)C=C2)C(C)(C)CCC1. The lowest BCUT2D eigenvalue weighted by Gasteiger charge is -2.33. The Hall–Kier alpha value is -2.35. The van der Waals surface area contributed by atoms with Gasteiger partial charge in [0.1, 0.15) is 0 Å². The van der Waals surface area contributed by atoms with Gasteiger partial charge in [0.2, 0.25) is 0 Å². The van der Waals surface area contributed by atoms with E-state index in [0.717, 1.165) is 17.6 Å². The molecule has 2 heteroatoms. The molecule has 0 atom stereocenters. The number of carboxylic acids is 1. The second kappa shape index (κ2) is 9.43. The second-order valence-corrected chi connectivity index (χ2v) is 9.66. The summed E-state index contributed by atoms with van der Waals surface area (Å²) >= 11 is 0. The van der Waals surface area contributed by atoms with Crippen LogP contribution in [0, 0.1) is 10.8 Å². The minimum atomic E-state index is -0.918. The first-order chi connectivity index (χ1) is 13.5. The quantitative estimate of drug-likeness (QED) is 0.375. The predicted molar refractivity (Wildman–Crippen MR) is 124 cm³/mol. The molecular weight excluding hydrogens is 356 g/mol. The molecule has 29 heavy (non-hydrogen) atoms. The van der Waals surface area contributed by atoms with Crippen LogP contribution in [0.2, 0.25) is 0 Å². The number of rotatable bonds is 6. The van der Waals surface area contributed by atoms with Crippen molar-refractivity contribution < 1.29 is 9.90 Å². The zero-order valence-electron chi connectivity index (χ0n) is 18.9. The molecule has 0 aromatic heterocycles. The van der Waals surface area contributed by atoms with Crippen LogP contribution in [-0.4, -0.2) is 11.1 Å². The molecule has 0 amide bonds. The van der Waals surface area contributed by atoms with E-state index in [4.69, 9.17) is 5.11 Å². The van der Waals surface area contributed by atoms with Crippen molar-refractivity contribution in [1.82, 2.24) is 0 Å². The van der Waals surface area contributed by atoms with Crippen LogP contribution in [0.5, 0.6) is 0 Å². The second-order valence-electron chi connectivity index (χ2n) is 9.66. The van der Waals surface area contributed by atoms with E-state index in [1.165, 1.54) is 42.1 Å². The number of allylic oxidation sites excluding steroid dienone is 13. The van der Waals surface area contributed by atoms with E-state index in [1.807, 2.05) is 12.2 Å². The van der Waals surface area contributed by atoms with Crippen molar-refractivity contribution in [2.45, 2.75) is 67.2 Å². The van der Waals surface area contributed by atoms with E-state index in [-0.39, 0.29) is 10.8 Å². The van der Waals surface area contributed by atoms with Gasteiger partial charge < -0.3 is 5.11 Å². The lowest BCUT2D eigenvalue weighted by molar-refractivity contribution is -0.131. The molecule has 0 heterocycles. The molecule has 1 N–H and O–H groups in total. The normalized spacial score (nSPS) is 22.5. The van der Waals surface area contributed by atoms with E-state index in [9.17, 15) is 4.79 Å². The van der Waals surface area contributed by atoms with Crippen LogP contribution < -0.4 is 0 Å². The maximum atomic E-state index is 10.8. The Morgan fingerprint density at radius 2 is 1.90 bits per heavy atom. The highest BCUT2D eigenvalue weighted by molar-refractivity contribution is 5.81. The summed E-state index contributed by atoms with van der Waals surface area (Å²) in [4.78, 5) is 10.8. The first-order valence-electron chi connectivity index (χ1n) is 10.6. The largest absolute Gasteiger partial charge is 0.478 e. The van der Waals surface area contributed by atoms with Gasteiger partial charge in [0.05, 0.1) is 0 Å². The van der Waals surface area contributed by atoms with Crippen LogP contribution in [0.4, 0.5) is 0 Å². The van der Waals surface area contributed by atoms with E-state index in [0.29, 0.717) is 0 Å². The van der Waals surface area contributed by atoms with Crippen molar-refractivity contribution in [2.75, 3.05) is 0 Å². The molecule has 0 spiro atoms. The number of hydrogen-bond donors (Lipinski definition) is 1. The van der Waals surface area contributed by atoms with E-state index in [2.05, 4.69) is 71.1 Å². The molecule has 0 aromatic carbocycles. The fraction of sp³-hybridized carbons (Fsp3) is 0.444. The first kappa shape index (κ1) is 22.9. The summed E-state index contributed by atoms with van der Waals surface area (Å²) in [6.45, 7) is 13.2. The van der Waals surface area contributed by atoms with Gasteiger partial charge in [-0.15, -0.1) is 0 Å². The van der Waals surface area contributed by atoms with Gasteiger partial charge in [-0.25, -0.2) is 4.79 Å². The van der Waals surface area contributed by atoms with E-state index >= 15 is 0 Å². The molecule has 156 valence electrons. The lowest BCUT2D eigenvalue weighted by atomic mass is 9.72. The van der Waals surface area contributed by atoms with Crippen molar-refractivity contribution in [3.05, 3.63) is 82.5 Å². The zero-order valence-corrected chi connectivity index (χ0v) is 18.9. The number of carboxylic acid groups (broad SMARTS) is 1. The number of hydrogen-bond acceptors (Lipinski definition) is 1. The summed E-state index contributed by atoms with van der Waals surface area (Å²) in [7, 11) is 0. The van der Waals surface area contributed by atoms with Gasteiger partial charge in [0, 0.05) is 6.08 Å². The summed E-state index contributed by atoms with van der Waals surface area (Å²) in [5, 5.41) is 8.89. The highest BCUT2D eigenvalue weighted by Gasteiger charge is 2.26. The third-order valence-corrected chi connectivity index (χ3v) is 5.85. The Bertz CT molecular complexity index is 849. The molecular formula is C27H36O2. The summed E-state index contributed by atoms with van der Waals surface area (Å²) in [6.07, 6.45) is 23.1. The van der Waals surface area contributed by atoms with Crippen LogP contribution in [0.1, 0.15) is 67.2 Å². The van der Waals surface area contributed by atoms with Gasteiger partial charge in [-0.1, -0.05) is 81.9 Å². The van der Waals surface area contributed by atoms with Gasteiger partial charge in [0.15, 0.2) is 0 Å². The number of carbonyl (C=O) groups is 1. The first-order valence-corrected chi connectivity index (χ1v) is 10.6. The molecule has 2 aliphatic carbocycles. The molecule has 0 unspecified atom stereocenters. The summed E-state index contributed by atoms with van der Waals surface area (Å²) in [5.74, 6) is -0.918. The number of aliphatic carboxylic acids is 1. The summed E-state index contributed by atoms with van der Waals surface area (Å²) < 4.78 is 0. The highest BCUT2D eigenvalue weighted by atomic mass is 16.4. The van der Waals surface area contributed by atoms with Crippen molar-refractivity contribution in [3.63, 3.8) is 0 Å². The van der Waals surface area contributed by atoms with Crippen LogP contribution in [0.3, 0.4) is 0 Å². The van der Waals surface area contributed by atoms with Gasteiger partial charge >= 0.3 is 5.97 Å². The molecule has 0 fully saturated rings. The molecule has 0 bridgehead atoms. The van der Waals surface area contributed by atoms with Crippen molar-refractivity contribution >= 4 is 5.97 Å². The Kier molecular flexibility index (Phi) is 7.46. The lowest BCUT2D eigenvalue weighted by Crippen LogP contribution is -2.19. The predicted octanol–water partition coefficient (Wildman–Crippen LogP) is 7.50. The molecule has 2 aliphatic rings. The molecule has 0 aromatic rings. The Morgan fingerprint density at radius 3 is 2.48 bits per heavy atom. The molecule has 2 nitrogen and oxygen atoms in total. The highest BCUT2D eigenvalue weighted by Crippen LogP contribution is 2.41. The third-order valence-electron chi connectivity index (χ3n) is 5.85. The summed E-state index contributed by atoms with van der Waals surface area (Å²) in [5.41, 5.74) is 6.43. The standard InChI is InChI=1S/C27H36O2/c1-20(19-25(28)29)9-7-11-22(23-14-17-26(3,4)18-15-23)12-13-24-21(2)10-8-16-27(24,5)6/h7,9,11-15,17,19H,8,10,16,18H2,1-6H3,(H,28,29)/b9-7+,13-12+,20-19+,22-11-. The Morgan fingerprint density at radius 1 is 1.17 bits per heavy atom. The monoisotopic (exact) mass is 392 g/mol. The van der Waals surface area contributed by atoms with Gasteiger partial charge in [-0.2, -0.15) is 0 Å². The fourth-order valence-electron chi connectivity index (χ4n) is 4.02. The molecule has 0 aliphatic heterocycles. The fourth-order valence-corrected chi connectivity index (χ4v) is 4.02. The topological polar surface area (TPSA) is 37.3 Å². The third kappa shape index (κ3) is 6.88. The van der Waals surface area contributed by atoms with Crippen LogP contribution in [0.25, 0.3) is 0 Å². The molecule has 2 rings (SSSR count).